The van der Waals surface area contributed by atoms with E-state index in [-0.39, 0.29) is 0 Å². The Morgan fingerprint density at radius 3 is 2.64 bits per heavy atom. The number of nitrogens with zero attached hydrogens (tertiary/aromatic N) is 1. The molecule has 22 heavy (non-hydrogen) atoms. The Balaban J connectivity index is 1.92. The molecule has 0 N–H and O–H groups in total. The van der Waals surface area contributed by atoms with Gasteiger partial charge in [-0.05, 0) is 36.1 Å². The molecule has 0 bridgehead atoms. The first-order valence-electron chi connectivity index (χ1n) is 7.14. The number of benzene rings is 2. The average Bonchev–Trinajstić information content (AvgIpc) is 2.91. The lowest BCUT2D eigenvalue weighted by molar-refractivity contribution is -0.130. The Hall–Kier alpha value is -2.81. The number of ether oxygens (including phenoxy) is 1. The molecule has 0 aliphatic heterocycles. The maximum Gasteiger partial charge on any atom is 0.338 e. The predicted octanol–water partition coefficient (Wildman–Crippen LogP) is 4.17. The van der Waals surface area contributed by atoms with Crippen LogP contribution in [0.1, 0.15) is 12.5 Å². The van der Waals surface area contributed by atoms with Crippen LogP contribution in [0.25, 0.3) is 10.9 Å². The fourth-order valence-corrected chi connectivity index (χ4v) is 2.34. The first kappa shape index (κ1) is 14.1. The fraction of sp³-hybridized carbons (Fsp3) is 0.105. The molecule has 3 aromatic rings. The highest BCUT2D eigenvalue weighted by Gasteiger charge is 2.08. The Labute approximate surface area is 129 Å². The Morgan fingerprint density at radius 2 is 1.91 bits per heavy atom. The fourth-order valence-electron chi connectivity index (χ4n) is 2.34. The van der Waals surface area contributed by atoms with Crippen molar-refractivity contribution in [3.05, 3.63) is 78.5 Å². The lowest BCUT2D eigenvalue weighted by atomic mass is 10.2. The van der Waals surface area contributed by atoms with Gasteiger partial charge < -0.3 is 9.30 Å². The van der Waals surface area contributed by atoms with Gasteiger partial charge in [0.1, 0.15) is 5.75 Å². The van der Waals surface area contributed by atoms with Gasteiger partial charge in [0, 0.05) is 24.4 Å². The van der Waals surface area contributed by atoms with Gasteiger partial charge in [-0.1, -0.05) is 36.9 Å². The lowest BCUT2D eigenvalue weighted by Gasteiger charge is -2.08. The summed E-state index contributed by atoms with van der Waals surface area (Å²) >= 11 is 0. The number of esters is 1. The topological polar surface area (TPSA) is 31.2 Å². The van der Waals surface area contributed by atoms with Gasteiger partial charge >= 0.3 is 5.97 Å². The summed E-state index contributed by atoms with van der Waals surface area (Å²) in [6.07, 6.45) is 2.04. The molecule has 2 aromatic carbocycles. The van der Waals surface area contributed by atoms with Crippen molar-refractivity contribution in [2.75, 3.05) is 0 Å². The van der Waals surface area contributed by atoms with Gasteiger partial charge in [0.2, 0.25) is 0 Å². The molecular weight excluding hydrogens is 274 g/mol. The molecular formula is C19H17NO2. The van der Waals surface area contributed by atoms with E-state index in [1.54, 1.807) is 13.0 Å². The van der Waals surface area contributed by atoms with Gasteiger partial charge in [-0.15, -0.1) is 0 Å². The second-order valence-electron chi connectivity index (χ2n) is 5.32. The Bertz CT molecular complexity index is 831. The molecule has 0 radical (unpaired) electrons. The zero-order valence-electron chi connectivity index (χ0n) is 12.5. The summed E-state index contributed by atoms with van der Waals surface area (Å²) in [6, 6.07) is 18.0. The molecule has 110 valence electrons. The summed E-state index contributed by atoms with van der Waals surface area (Å²) in [6.45, 7) is 6.02. The summed E-state index contributed by atoms with van der Waals surface area (Å²) in [5.41, 5.74) is 2.65. The van der Waals surface area contributed by atoms with Gasteiger partial charge in [0.05, 0.1) is 5.52 Å². The molecule has 1 heterocycles. The summed E-state index contributed by atoms with van der Waals surface area (Å²) in [7, 11) is 0. The second kappa shape index (κ2) is 5.90. The maximum atomic E-state index is 11.6. The average molecular weight is 291 g/mol. The molecule has 0 saturated heterocycles. The minimum Gasteiger partial charge on any atom is -0.423 e. The molecule has 3 rings (SSSR count). The zero-order chi connectivity index (χ0) is 15.5. The summed E-state index contributed by atoms with van der Waals surface area (Å²) in [4.78, 5) is 11.6. The van der Waals surface area contributed by atoms with E-state index in [9.17, 15) is 4.79 Å². The highest BCUT2D eigenvalue weighted by molar-refractivity contribution is 5.90. The van der Waals surface area contributed by atoms with Crippen molar-refractivity contribution in [2.45, 2.75) is 13.5 Å². The highest BCUT2D eigenvalue weighted by atomic mass is 16.5. The summed E-state index contributed by atoms with van der Waals surface area (Å²) < 4.78 is 7.45. The van der Waals surface area contributed by atoms with Crippen LogP contribution in [0.15, 0.2) is 72.9 Å². The first-order chi connectivity index (χ1) is 10.6. The van der Waals surface area contributed by atoms with Crippen molar-refractivity contribution in [1.29, 1.82) is 0 Å². The van der Waals surface area contributed by atoms with Crippen molar-refractivity contribution in [2.24, 2.45) is 0 Å². The third-order valence-electron chi connectivity index (χ3n) is 3.50. The number of fused-ring (bicyclic) bond motifs is 1. The van der Waals surface area contributed by atoms with E-state index in [1.807, 2.05) is 36.5 Å². The Kier molecular flexibility index (Phi) is 3.79. The molecule has 3 nitrogen and oxygen atoms in total. The first-order valence-corrected chi connectivity index (χ1v) is 7.14. The lowest BCUT2D eigenvalue weighted by Crippen LogP contribution is -2.08. The maximum absolute atomic E-state index is 11.6. The van der Waals surface area contributed by atoms with E-state index in [0.717, 1.165) is 17.4 Å². The smallest absolute Gasteiger partial charge is 0.338 e. The van der Waals surface area contributed by atoms with Crippen LogP contribution in [0.2, 0.25) is 0 Å². The van der Waals surface area contributed by atoms with Crippen LogP contribution in [0, 0.1) is 0 Å². The number of hydrogen-bond acceptors (Lipinski definition) is 2. The SMILES string of the molecule is C=C(C)C(=O)Oc1ccc2ccn(Cc3ccccc3)c2c1. The van der Waals surface area contributed by atoms with Crippen LogP contribution in [0.5, 0.6) is 5.75 Å². The minimum atomic E-state index is -0.402. The van der Waals surface area contributed by atoms with Gasteiger partial charge in [0.15, 0.2) is 0 Å². The van der Waals surface area contributed by atoms with Gasteiger partial charge in [-0.2, -0.15) is 0 Å². The highest BCUT2D eigenvalue weighted by Crippen LogP contribution is 2.23. The molecule has 0 fully saturated rings. The van der Waals surface area contributed by atoms with E-state index in [1.165, 1.54) is 5.56 Å². The number of carbonyl (C=O) groups is 1. The minimum absolute atomic E-state index is 0.389. The third kappa shape index (κ3) is 2.93. The van der Waals surface area contributed by atoms with E-state index >= 15 is 0 Å². The summed E-state index contributed by atoms with van der Waals surface area (Å²) in [5.74, 6) is 0.133. The molecule has 0 unspecified atom stereocenters. The van der Waals surface area contributed by atoms with Gasteiger partial charge in [-0.25, -0.2) is 4.79 Å². The van der Waals surface area contributed by atoms with Crippen molar-refractivity contribution in [3.8, 4) is 5.75 Å². The molecule has 0 saturated carbocycles. The molecule has 0 atom stereocenters. The van der Waals surface area contributed by atoms with Crippen molar-refractivity contribution < 1.29 is 9.53 Å². The molecule has 0 spiro atoms. The molecule has 0 aliphatic rings. The number of aromatic nitrogens is 1. The number of rotatable bonds is 4. The largest absolute Gasteiger partial charge is 0.423 e. The number of hydrogen-bond donors (Lipinski definition) is 0. The van der Waals surface area contributed by atoms with Crippen LogP contribution in [-0.4, -0.2) is 10.5 Å². The third-order valence-corrected chi connectivity index (χ3v) is 3.50. The number of carbonyl (C=O) groups excluding carboxylic acids is 1. The van der Waals surface area contributed by atoms with E-state index < -0.39 is 5.97 Å². The molecule has 3 heteroatoms. The van der Waals surface area contributed by atoms with Crippen molar-refractivity contribution in [3.63, 3.8) is 0 Å². The van der Waals surface area contributed by atoms with E-state index in [0.29, 0.717) is 11.3 Å². The standard InChI is InChI=1S/C19H17NO2/c1-14(2)19(21)22-17-9-8-16-10-11-20(18(16)12-17)13-15-6-4-3-5-7-15/h3-12H,1,13H2,2H3. The predicted molar refractivity (Wildman–Crippen MR) is 87.9 cm³/mol. The van der Waals surface area contributed by atoms with Crippen LogP contribution >= 0.6 is 0 Å². The van der Waals surface area contributed by atoms with Crippen LogP contribution in [0.4, 0.5) is 0 Å². The monoisotopic (exact) mass is 291 g/mol. The van der Waals surface area contributed by atoms with Gasteiger partial charge in [0.25, 0.3) is 0 Å². The van der Waals surface area contributed by atoms with Crippen LogP contribution < -0.4 is 4.74 Å². The normalized spacial score (nSPS) is 10.6. The zero-order valence-corrected chi connectivity index (χ0v) is 12.5. The summed E-state index contributed by atoms with van der Waals surface area (Å²) in [5, 5.41) is 1.12. The molecule has 1 aromatic heterocycles. The molecule has 0 aliphatic carbocycles. The van der Waals surface area contributed by atoms with Crippen LogP contribution in [0.3, 0.4) is 0 Å². The Morgan fingerprint density at radius 1 is 1.14 bits per heavy atom. The van der Waals surface area contributed by atoms with Crippen molar-refractivity contribution >= 4 is 16.9 Å². The molecule has 0 amide bonds. The van der Waals surface area contributed by atoms with E-state index in [2.05, 4.69) is 29.3 Å². The van der Waals surface area contributed by atoms with Crippen LogP contribution in [-0.2, 0) is 11.3 Å². The van der Waals surface area contributed by atoms with Crippen molar-refractivity contribution in [1.82, 2.24) is 4.57 Å². The van der Waals surface area contributed by atoms with Gasteiger partial charge in [-0.3, -0.25) is 0 Å². The van der Waals surface area contributed by atoms with E-state index in [4.69, 9.17) is 4.74 Å². The second-order valence-corrected chi connectivity index (χ2v) is 5.32. The quantitative estimate of drug-likeness (QED) is 0.410.